The van der Waals surface area contributed by atoms with Crippen molar-refractivity contribution in [3.05, 3.63) is 29.8 Å². The maximum Gasteiger partial charge on any atom is 0.224 e. The molecule has 118 valence electrons. The van der Waals surface area contributed by atoms with E-state index in [1.165, 1.54) is 0 Å². The number of ether oxygens (including phenoxy) is 1. The van der Waals surface area contributed by atoms with Gasteiger partial charge in [-0.3, -0.25) is 9.59 Å². The lowest BCUT2D eigenvalue weighted by atomic mass is 9.94. The Labute approximate surface area is 130 Å². The van der Waals surface area contributed by atoms with E-state index in [-0.39, 0.29) is 23.3 Å². The molecule has 5 nitrogen and oxygen atoms in total. The number of nitrogens with zero attached hydrogens (tertiary/aromatic N) is 1. The van der Waals surface area contributed by atoms with Gasteiger partial charge in [-0.15, -0.1) is 0 Å². The first kappa shape index (κ1) is 14.9. The first-order valence-corrected chi connectivity index (χ1v) is 7.74. The van der Waals surface area contributed by atoms with Crippen LogP contribution >= 0.6 is 0 Å². The first-order chi connectivity index (χ1) is 10.5. The van der Waals surface area contributed by atoms with E-state index in [4.69, 9.17) is 4.74 Å². The van der Waals surface area contributed by atoms with E-state index in [9.17, 15) is 9.59 Å². The molecule has 0 spiro atoms. The number of carbonyl (C=O) groups excluding carboxylic acids is 2. The number of methoxy groups -OCH3 is 1. The second-order valence-electron chi connectivity index (χ2n) is 6.31. The molecule has 3 rings (SSSR count). The molecule has 1 aromatic carbocycles. The average Bonchev–Trinajstić information content (AvgIpc) is 3.31. The van der Waals surface area contributed by atoms with Crippen LogP contribution in [0.4, 0.5) is 0 Å². The van der Waals surface area contributed by atoms with Crippen LogP contribution in [0.3, 0.4) is 0 Å². The molecule has 1 saturated heterocycles. The third kappa shape index (κ3) is 2.80. The van der Waals surface area contributed by atoms with Gasteiger partial charge < -0.3 is 15.0 Å². The van der Waals surface area contributed by atoms with Crippen LogP contribution in [0.5, 0.6) is 5.75 Å². The second-order valence-corrected chi connectivity index (χ2v) is 6.31. The summed E-state index contributed by atoms with van der Waals surface area (Å²) >= 11 is 0. The molecule has 2 fully saturated rings. The molecule has 0 aromatic heterocycles. The van der Waals surface area contributed by atoms with Gasteiger partial charge in [-0.2, -0.15) is 0 Å². The number of piperidine rings is 1. The summed E-state index contributed by atoms with van der Waals surface area (Å²) in [7, 11) is 3.43. The highest BCUT2D eigenvalue weighted by Crippen LogP contribution is 2.46. The summed E-state index contributed by atoms with van der Waals surface area (Å²) in [5.41, 5.74) is 0.817. The number of amides is 2. The summed E-state index contributed by atoms with van der Waals surface area (Å²) in [6.07, 6.45) is 2.93. The Morgan fingerprint density at radius 1 is 1.41 bits per heavy atom. The van der Waals surface area contributed by atoms with Crippen molar-refractivity contribution in [2.75, 3.05) is 20.7 Å². The Bertz CT molecular complexity index is 595. The molecule has 1 N–H and O–H groups in total. The minimum atomic E-state index is -0.266. The molecule has 1 saturated carbocycles. The Balaban J connectivity index is 1.69. The monoisotopic (exact) mass is 302 g/mol. The number of nitrogens with one attached hydrogen (secondary N) is 1. The number of hydrogen-bond acceptors (Lipinski definition) is 3. The number of likely N-dealkylation sites (tertiary alicyclic amines) is 1. The number of hydrogen-bond donors (Lipinski definition) is 1. The van der Waals surface area contributed by atoms with Crippen LogP contribution in [-0.4, -0.2) is 37.4 Å². The highest BCUT2D eigenvalue weighted by atomic mass is 16.5. The highest BCUT2D eigenvalue weighted by Gasteiger charge is 2.47. The van der Waals surface area contributed by atoms with Gasteiger partial charge >= 0.3 is 0 Å². The third-order valence-corrected chi connectivity index (χ3v) is 4.77. The summed E-state index contributed by atoms with van der Waals surface area (Å²) < 4.78 is 5.26. The predicted octanol–water partition coefficient (Wildman–Crippen LogP) is 1.67. The normalized spacial score (nSPS) is 23.1. The van der Waals surface area contributed by atoms with Gasteiger partial charge in [-0.1, -0.05) is 12.1 Å². The molecule has 1 heterocycles. The fourth-order valence-corrected chi connectivity index (χ4v) is 3.04. The van der Waals surface area contributed by atoms with Gasteiger partial charge in [-0.05, 0) is 37.0 Å². The van der Waals surface area contributed by atoms with Gasteiger partial charge in [0.25, 0.3) is 0 Å². The third-order valence-electron chi connectivity index (χ3n) is 4.77. The SMILES string of the molecule is COc1cccc(C2(NC(=O)C3CCN(C)C(=O)C3)CC2)c1. The lowest BCUT2D eigenvalue weighted by Crippen LogP contribution is -2.45. The summed E-state index contributed by atoms with van der Waals surface area (Å²) in [5, 5.41) is 3.17. The number of carbonyl (C=O) groups is 2. The summed E-state index contributed by atoms with van der Waals surface area (Å²) in [6.45, 7) is 0.656. The van der Waals surface area contributed by atoms with Crippen LogP contribution in [0.15, 0.2) is 24.3 Å². The van der Waals surface area contributed by atoms with Crippen LogP contribution in [0.25, 0.3) is 0 Å². The minimum absolute atomic E-state index is 0.00164. The van der Waals surface area contributed by atoms with Crippen molar-refractivity contribution in [2.24, 2.45) is 5.92 Å². The van der Waals surface area contributed by atoms with Crippen LogP contribution in [0, 0.1) is 5.92 Å². The maximum absolute atomic E-state index is 12.5. The van der Waals surface area contributed by atoms with E-state index in [2.05, 4.69) is 5.32 Å². The van der Waals surface area contributed by atoms with Crippen molar-refractivity contribution in [1.29, 1.82) is 0 Å². The minimum Gasteiger partial charge on any atom is -0.497 e. The van der Waals surface area contributed by atoms with Crippen LogP contribution in [-0.2, 0) is 15.1 Å². The van der Waals surface area contributed by atoms with Gasteiger partial charge in [-0.25, -0.2) is 0 Å². The van der Waals surface area contributed by atoms with E-state index in [0.29, 0.717) is 13.0 Å². The van der Waals surface area contributed by atoms with Crippen molar-refractivity contribution in [1.82, 2.24) is 10.2 Å². The van der Waals surface area contributed by atoms with Crippen molar-refractivity contribution in [3.8, 4) is 5.75 Å². The predicted molar refractivity (Wildman–Crippen MR) is 82.4 cm³/mol. The Morgan fingerprint density at radius 3 is 2.82 bits per heavy atom. The van der Waals surface area contributed by atoms with E-state index in [1.807, 2.05) is 24.3 Å². The smallest absolute Gasteiger partial charge is 0.224 e. The Morgan fingerprint density at radius 2 is 2.18 bits per heavy atom. The molecule has 1 unspecified atom stereocenters. The Hall–Kier alpha value is -2.04. The molecule has 22 heavy (non-hydrogen) atoms. The molecule has 1 atom stereocenters. The topological polar surface area (TPSA) is 58.6 Å². The van der Waals surface area contributed by atoms with Crippen molar-refractivity contribution < 1.29 is 14.3 Å². The highest BCUT2D eigenvalue weighted by molar-refractivity contribution is 5.87. The van der Waals surface area contributed by atoms with Gasteiger partial charge in [0.05, 0.1) is 12.6 Å². The molecule has 0 bridgehead atoms. The number of benzene rings is 1. The fourth-order valence-electron chi connectivity index (χ4n) is 3.04. The summed E-state index contributed by atoms with van der Waals surface area (Å²) in [4.78, 5) is 26.0. The second kappa shape index (κ2) is 5.63. The molecular weight excluding hydrogens is 280 g/mol. The summed E-state index contributed by atoms with van der Waals surface area (Å²) in [5.74, 6) is 0.652. The Kier molecular flexibility index (Phi) is 3.81. The zero-order chi connectivity index (χ0) is 15.7. The average molecular weight is 302 g/mol. The molecule has 2 amide bonds. The standard InChI is InChI=1S/C17H22N2O3/c1-19-9-6-12(10-15(19)20)16(21)18-17(7-8-17)13-4-3-5-14(11-13)22-2/h3-5,11-12H,6-10H2,1-2H3,(H,18,21). The van der Waals surface area contributed by atoms with E-state index in [1.54, 1.807) is 19.1 Å². The van der Waals surface area contributed by atoms with Crippen molar-refractivity contribution >= 4 is 11.8 Å². The molecule has 1 aliphatic carbocycles. The van der Waals surface area contributed by atoms with Crippen LogP contribution < -0.4 is 10.1 Å². The van der Waals surface area contributed by atoms with E-state index in [0.717, 1.165) is 30.6 Å². The van der Waals surface area contributed by atoms with E-state index >= 15 is 0 Å². The summed E-state index contributed by atoms with van der Waals surface area (Å²) in [6, 6.07) is 7.85. The first-order valence-electron chi connectivity index (χ1n) is 7.74. The van der Waals surface area contributed by atoms with Crippen molar-refractivity contribution in [3.63, 3.8) is 0 Å². The lowest BCUT2D eigenvalue weighted by molar-refractivity contribution is -0.139. The molecule has 1 aliphatic heterocycles. The molecule has 1 aromatic rings. The maximum atomic E-state index is 12.5. The van der Waals surface area contributed by atoms with Gasteiger partial charge in [0.2, 0.25) is 11.8 Å². The zero-order valence-electron chi connectivity index (χ0n) is 13.1. The number of rotatable bonds is 4. The van der Waals surface area contributed by atoms with Gasteiger partial charge in [0.15, 0.2) is 0 Å². The quantitative estimate of drug-likeness (QED) is 0.920. The molecule has 2 aliphatic rings. The van der Waals surface area contributed by atoms with Crippen LogP contribution in [0.1, 0.15) is 31.2 Å². The van der Waals surface area contributed by atoms with E-state index < -0.39 is 0 Å². The van der Waals surface area contributed by atoms with Crippen molar-refractivity contribution in [2.45, 2.75) is 31.2 Å². The largest absolute Gasteiger partial charge is 0.497 e. The zero-order valence-corrected chi connectivity index (χ0v) is 13.1. The lowest BCUT2D eigenvalue weighted by Gasteiger charge is -2.29. The molecule has 0 radical (unpaired) electrons. The molecule has 5 heteroatoms. The van der Waals surface area contributed by atoms with Gasteiger partial charge in [0.1, 0.15) is 5.75 Å². The fraction of sp³-hybridized carbons (Fsp3) is 0.529. The van der Waals surface area contributed by atoms with Crippen LogP contribution in [0.2, 0.25) is 0 Å². The molecular formula is C17H22N2O3. The van der Waals surface area contributed by atoms with Gasteiger partial charge in [0, 0.05) is 25.9 Å².